The van der Waals surface area contributed by atoms with Gasteiger partial charge in [-0.2, -0.15) is 5.26 Å². The third-order valence-electron chi connectivity index (χ3n) is 4.87. The number of anilines is 2. The quantitative estimate of drug-likeness (QED) is 0.596. The van der Waals surface area contributed by atoms with Gasteiger partial charge in [0.2, 0.25) is 11.9 Å². The standard InChI is InChI=1S/C22H22N6O2S/c1-16-5-2-3-8-19(16)28-21(27-9-11-30-12-10-27)25-26-22(28)31-15-20(29)24-18-7-4-6-17(13-18)14-23/h2-8,13H,9-12,15H2,1H3,(H,24,29). The monoisotopic (exact) mass is 434 g/mol. The third kappa shape index (κ3) is 4.87. The highest BCUT2D eigenvalue weighted by Crippen LogP contribution is 2.29. The summed E-state index contributed by atoms with van der Waals surface area (Å²) < 4.78 is 7.48. The van der Waals surface area contributed by atoms with E-state index in [2.05, 4.69) is 26.5 Å². The lowest BCUT2D eigenvalue weighted by Crippen LogP contribution is -2.38. The van der Waals surface area contributed by atoms with Crippen LogP contribution in [0.2, 0.25) is 0 Å². The number of nitrogens with zero attached hydrogens (tertiary/aromatic N) is 5. The predicted octanol–water partition coefficient (Wildman–Crippen LogP) is 3.01. The largest absolute Gasteiger partial charge is 0.378 e. The Morgan fingerprint density at radius 3 is 2.77 bits per heavy atom. The van der Waals surface area contributed by atoms with Crippen LogP contribution in [0.5, 0.6) is 0 Å². The predicted molar refractivity (Wildman–Crippen MR) is 120 cm³/mol. The van der Waals surface area contributed by atoms with E-state index in [1.54, 1.807) is 24.3 Å². The molecule has 2 heterocycles. The van der Waals surface area contributed by atoms with Crippen molar-refractivity contribution in [3.05, 3.63) is 59.7 Å². The lowest BCUT2D eigenvalue weighted by molar-refractivity contribution is -0.113. The van der Waals surface area contributed by atoms with Crippen LogP contribution in [0.3, 0.4) is 0 Å². The molecule has 31 heavy (non-hydrogen) atoms. The number of benzene rings is 2. The summed E-state index contributed by atoms with van der Waals surface area (Å²) in [6.07, 6.45) is 0. The van der Waals surface area contributed by atoms with Gasteiger partial charge in [0.25, 0.3) is 0 Å². The van der Waals surface area contributed by atoms with E-state index in [0.717, 1.165) is 30.3 Å². The number of hydrogen-bond acceptors (Lipinski definition) is 7. The zero-order valence-electron chi connectivity index (χ0n) is 17.1. The average molecular weight is 435 g/mol. The van der Waals surface area contributed by atoms with Crippen molar-refractivity contribution in [3.63, 3.8) is 0 Å². The third-order valence-corrected chi connectivity index (χ3v) is 5.80. The Bertz CT molecular complexity index is 1120. The minimum Gasteiger partial charge on any atom is -0.378 e. The first kappa shape index (κ1) is 20.9. The number of para-hydroxylation sites is 1. The molecule has 1 saturated heterocycles. The van der Waals surface area contributed by atoms with Gasteiger partial charge in [0.15, 0.2) is 5.16 Å². The first-order chi connectivity index (χ1) is 15.2. The lowest BCUT2D eigenvalue weighted by Gasteiger charge is -2.28. The number of carbonyl (C=O) groups is 1. The molecular formula is C22H22N6O2S. The Morgan fingerprint density at radius 1 is 1.19 bits per heavy atom. The number of carbonyl (C=O) groups excluding carboxylic acids is 1. The van der Waals surface area contributed by atoms with Gasteiger partial charge in [0.05, 0.1) is 36.3 Å². The van der Waals surface area contributed by atoms with Crippen LogP contribution in [0.4, 0.5) is 11.6 Å². The van der Waals surface area contributed by atoms with E-state index in [-0.39, 0.29) is 11.7 Å². The minimum absolute atomic E-state index is 0.171. The van der Waals surface area contributed by atoms with Crippen molar-refractivity contribution in [2.75, 3.05) is 42.3 Å². The SMILES string of the molecule is Cc1ccccc1-n1c(SCC(=O)Nc2cccc(C#N)c2)nnc1N1CCOCC1. The maximum atomic E-state index is 12.5. The molecule has 9 heteroatoms. The average Bonchev–Trinajstić information content (AvgIpc) is 3.22. The van der Waals surface area contributed by atoms with Crippen molar-refractivity contribution < 1.29 is 9.53 Å². The molecule has 2 aromatic carbocycles. The topological polar surface area (TPSA) is 96.1 Å². The van der Waals surface area contributed by atoms with Gasteiger partial charge in [-0.3, -0.25) is 9.36 Å². The molecule has 0 spiro atoms. The van der Waals surface area contributed by atoms with Crippen LogP contribution < -0.4 is 10.2 Å². The highest BCUT2D eigenvalue weighted by molar-refractivity contribution is 7.99. The van der Waals surface area contributed by atoms with Crippen molar-refractivity contribution in [2.45, 2.75) is 12.1 Å². The van der Waals surface area contributed by atoms with Crippen molar-refractivity contribution in [2.24, 2.45) is 0 Å². The van der Waals surface area contributed by atoms with Gasteiger partial charge in [-0.05, 0) is 36.8 Å². The minimum atomic E-state index is -0.174. The summed E-state index contributed by atoms with van der Waals surface area (Å²) in [5, 5.41) is 21.3. The number of morpholine rings is 1. The molecule has 1 fully saturated rings. The van der Waals surface area contributed by atoms with Gasteiger partial charge in [-0.25, -0.2) is 0 Å². The van der Waals surface area contributed by atoms with Gasteiger partial charge in [-0.15, -0.1) is 10.2 Å². The molecule has 1 amide bonds. The number of aromatic nitrogens is 3. The summed E-state index contributed by atoms with van der Waals surface area (Å²) >= 11 is 1.33. The van der Waals surface area contributed by atoms with Crippen molar-refractivity contribution >= 4 is 29.3 Å². The molecule has 0 aliphatic carbocycles. The van der Waals surface area contributed by atoms with Gasteiger partial charge < -0.3 is 15.0 Å². The first-order valence-electron chi connectivity index (χ1n) is 9.92. The van der Waals surface area contributed by atoms with Crippen molar-refractivity contribution in [3.8, 4) is 11.8 Å². The summed E-state index contributed by atoms with van der Waals surface area (Å²) in [4.78, 5) is 14.7. The second-order valence-corrected chi connectivity index (χ2v) is 7.98. The number of thioether (sulfide) groups is 1. The molecule has 1 aliphatic rings. The molecule has 1 aromatic heterocycles. The number of amides is 1. The van der Waals surface area contributed by atoms with Gasteiger partial charge in [0.1, 0.15) is 0 Å². The molecule has 1 N–H and O–H groups in total. The number of nitriles is 1. The summed E-state index contributed by atoms with van der Waals surface area (Å²) in [6, 6.07) is 17.0. The van der Waals surface area contributed by atoms with E-state index in [1.165, 1.54) is 11.8 Å². The Balaban J connectivity index is 1.55. The number of rotatable bonds is 6. The number of aryl methyl sites for hydroxylation is 1. The smallest absolute Gasteiger partial charge is 0.234 e. The normalized spacial score (nSPS) is 13.6. The Morgan fingerprint density at radius 2 is 2.00 bits per heavy atom. The van der Waals surface area contributed by atoms with Crippen LogP contribution in [0.15, 0.2) is 53.7 Å². The second-order valence-electron chi connectivity index (χ2n) is 7.03. The molecule has 0 radical (unpaired) electrons. The maximum Gasteiger partial charge on any atom is 0.234 e. The van der Waals surface area contributed by atoms with Gasteiger partial charge in [0, 0.05) is 18.8 Å². The summed E-state index contributed by atoms with van der Waals surface area (Å²) in [5.41, 5.74) is 3.17. The molecule has 158 valence electrons. The summed E-state index contributed by atoms with van der Waals surface area (Å²) in [5.74, 6) is 0.749. The Hall–Kier alpha value is -3.35. The lowest BCUT2D eigenvalue weighted by atomic mass is 10.2. The second kappa shape index (κ2) is 9.64. The fourth-order valence-electron chi connectivity index (χ4n) is 3.34. The fraction of sp³-hybridized carbons (Fsp3) is 0.273. The zero-order chi connectivity index (χ0) is 21.6. The zero-order valence-corrected chi connectivity index (χ0v) is 17.9. The summed E-state index contributed by atoms with van der Waals surface area (Å²) in [7, 11) is 0. The van der Waals surface area contributed by atoms with E-state index < -0.39 is 0 Å². The molecule has 4 rings (SSSR count). The molecule has 0 bridgehead atoms. The molecule has 3 aromatic rings. The van der Waals surface area contributed by atoms with E-state index in [9.17, 15) is 4.79 Å². The first-order valence-corrected chi connectivity index (χ1v) is 10.9. The molecule has 0 saturated carbocycles. The highest BCUT2D eigenvalue weighted by atomic mass is 32.2. The Labute approximate surface area is 184 Å². The van der Waals surface area contributed by atoms with Crippen LogP contribution in [0, 0.1) is 18.3 Å². The highest BCUT2D eigenvalue weighted by Gasteiger charge is 2.23. The maximum absolute atomic E-state index is 12.5. The van der Waals surface area contributed by atoms with Crippen LogP contribution >= 0.6 is 11.8 Å². The van der Waals surface area contributed by atoms with Crippen molar-refractivity contribution in [1.82, 2.24) is 14.8 Å². The van der Waals surface area contributed by atoms with E-state index in [4.69, 9.17) is 10.00 Å². The van der Waals surface area contributed by atoms with Crippen LogP contribution in [0.25, 0.3) is 5.69 Å². The molecule has 0 unspecified atom stereocenters. The van der Waals surface area contributed by atoms with Gasteiger partial charge >= 0.3 is 0 Å². The number of hydrogen-bond donors (Lipinski definition) is 1. The molecule has 1 aliphatic heterocycles. The van der Waals surface area contributed by atoms with Crippen LogP contribution in [0.1, 0.15) is 11.1 Å². The van der Waals surface area contributed by atoms with Crippen molar-refractivity contribution in [1.29, 1.82) is 5.26 Å². The number of nitrogens with one attached hydrogen (secondary N) is 1. The fourth-order valence-corrected chi connectivity index (χ4v) is 4.08. The number of ether oxygens (including phenoxy) is 1. The molecular weight excluding hydrogens is 412 g/mol. The Kier molecular flexibility index (Phi) is 6.50. The van der Waals surface area contributed by atoms with E-state index in [0.29, 0.717) is 29.6 Å². The van der Waals surface area contributed by atoms with E-state index in [1.807, 2.05) is 35.8 Å². The molecule has 0 atom stereocenters. The van der Waals surface area contributed by atoms with Gasteiger partial charge in [-0.1, -0.05) is 36.0 Å². The van der Waals surface area contributed by atoms with Crippen LogP contribution in [-0.4, -0.2) is 52.7 Å². The van der Waals surface area contributed by atoms with E-state index >= 15 is 0 Å². The summed E-state index contributed by atoms with van der Waals surface area (Å²) in [6.45, 7) is 4.82. The van der Waals surface area contributed by atoms with Crippen LogP contribution in [-0.2, 0) is 9.53 Å². The molecule has 8 nitrogen and oxygen atoms in total.